The molecule has 9 heteroatoms. The van der Waals surface area contributed by atoms with Crippen LogP contribution in [-0.4, -0.2) is 45.2 Å². The minimum atomic E-state index is 0.468. The molecule has 0 atom stereocenters. The molecule has 28 heavy (non-hydrogen) atoms. The van der Waals surface area contributed by atoms with E-state index in [1.54, 1.807) is 31.1 Å². The van der Waals surface area contributed by atoms with Crippen LogP contribution in [0.2, 0.25) is 0 Å². The maximum Gasteiger partial charge on any atom is 0.234 e. The van der Waals surface area contributed by atoms with E-state index in [0.717, 1.165) is 43.4 Å². The van der Waals surface area contributed by atoms with Crippen LogP contribution < -0.4 is 5.73 Å². The summed E-state index contributed by atoms with van der Waals surface area (Å²) in [5, 5.41) is 14.9. The molecule has 0 aliphatic heterocycles. The summed E-state index contributed by atoms with van der Waals surface area (Å²) >= 11 is 1.48. The van der Waals surface area contributed by atoms with E-state index in [2.05, 4.69) is 37.4 Å². The van der Waals surface area contributed by atoms with Crippen molar-refractivity contribution in [3.05, 3.63) is 58.6 Å². The van der Waals surface area contributed by atoms with Gasteiger partial charge in [0.25, 0.3) is 0 Å². The summed E-state index contributed by atoms with van der Waals surface area (Å²) in [6, 6.07) is 8.22. The van der Waals surface area contributed by atoms with Gasteiger partial charge in [-0.25, -0.2) is 0 Å². The lowest BCUT2D eigenvalue weighted by Crippen LogP contribution is -1.99. The van der Waals surface area contributed by atoms with Gasteiger partial charge in [-0.3, -0.25) is 9.98 Å². The number of nitrogens with two attached hydrogens (primary N) is 1. The van der Waals surface area contributed by atoms with Gasteiger partial charge in [-0.05, 0) is 23.8 Å². The van der Waals surface area contributed by atoms with Crippen LogP contribution in [0.4, 0.5) is 0 Å². The SMILES string of the molecule is CN=C/C(=C\N)c1cnc2ccc(Cc3nnc4sc(COC)nn34)cc2c1. The summed E-state index contributed by atoms with van der Waals surface area (Å²) in [6.45, 7) is 0.468. The van der Waals surface area contributed by atoms with E-state index in [-0.39, 0.29) is 0 Å². The Kier molecular flexibility index (Phi) is 5.09. The van der Waals surface area contributed by atoms with E-state index < -0.39 is 0 Å². The van der Waals surface area contributed by atoms with E-state index >= 15 is 0 Å². The lowest BCUT2D eigenvalue weighted by atomic mass is 10.0. The summed E-state index contributed by atoms with van der Waals surface area (Å²) in [7, 11) is 3.37. The monoisotopic (exact) mass is 393 g/mol. The number of benzene rings is 1. The molecule has 0 spiro atoms. The molecule has 4 aromatic rings. The first-order chi connectivity index (χ1) is 13.7. The molecule has 8 nitrogen and oxygen atoms in total. The Morgan fingerprint density at radius 2 is 2.21 bits per heavy atom. The van der Waals surface area contributed by atoms with Gasteiger partial charge in [0, 0.05) is 55.7 Å². The van der Waals surface area contributed by atoms with Crippen LogP contribution in [0.3, 0.4) is 0 Å². The van der Waals surface area contributed by atoms with E-state index in [1.165, 1.54) is 17.5 Å². The fourth-order valence-corrected chi connectivity index (χ4v) is 3.80. The molecular weight excluding hydrogens is 374 g/mol. The molecule has 0 saturated carbocycles. The summed E-state index contributed by atoms with van der Waals surface area (Å²) in [6.07, 6.45) is 5.68. The second-order valence-electron chi connectivity index (χ2n) is 6.18. The number of hydrogen-bond acceptors (Lipinski definition) is 8. The van der Waals surface area contributed by atoms with Gasteiger partial charge < -0.3 is 10.5 Å². The van der Waals surface area contributed by atoms with E-state index in [9.17, 15) is 0 Å². The van der Waals surface area contributed by atoms with Gasteiger partial charge in [-0.15, -0.1) is 10.2 Å². The van der Waals surface area contributed by atoms with Crippen LogP contribution in [0.1, 0.15) is 22.0 Å². The number of nitrogens with zero attached hydrogens (tertiary/aromatic N) is 6. The largest absolute Gasteiger partial charge is 0.404 e. The summed E-state index contributed by atoms with van der Waals surface area (Å²) in [4.78, 5) is 9.34. The number of hydrogen-bond donors (Lipinski definition) is 1. The fraction of sp³-hybridized carbons (Fsp3) is 0.211. The number of pyridine rings is 1. The van der Waals surface area contributed by atoms with Crippen LogP contribution in [0, 0.1) is 0 Å². The number of methoxy groups -OCH3 is 1. The van der Waals surface area contributed by atoms with Gasteiger partial charge in [0.1, 0.15) is 5.01 Å². The maximum atomic E-state index is 5.72. The van der Waals surface area contributed by atoms with Crippen molar-refractivity contribution in [2.24, 2.45) is 10.7 Å². The molecule has 0 aliphatic rings. The molecule has 1 aromatic carbocycles. The van der Waals surface area contributed by atoms with Crippen molar-refractivity contribution in [3.63, 3.8) is 0 Å². The zero-order valence-electron chi connectivity index (χ0n) is 15.5. The van der Waals surface area contributed by atoms with Crippen LogP contribution in [-0.2, 0) is 17.8 Å². The second kappa shape index (κ2) is 7.83. The van der Waals surface area contributed by atoms with Crippen molar-refractivity contribution < 1.29 is 4.74 Å². The fourth-order valence-electron chi connectivity index (χ4n) is 2.97. The van der Waals surface area contributed by atoms with Crippen molar-refractivity contribution >= 4 is 39.0 Å². The standard InChI is InChI=1S/C19H19N7OS/c1-21-9-15(8-20)14-7-13-5-12(3-4-16(13)22-10-14)6-17-23-24-19-26(17)25-18(28-19)11-27-2/h3-5,7-10H,6,11,20H2,1-2H3/b15-8+,21-9?. The third kappa shape index (κ3) is 3.49. The molecule has 4 rings (SSSR count). The van der Waals surface area contributed by atoms with Gasteiger partial charge in [-0.1, -0.05) is 17.4 Å². The summed E-state index contributed by atoms with van der Waals surface area (Å²) in [5.74, 6) is 0.790. The lowest BCUT2D eigenvalue weighted by molar-refractivity contribution is 0.183. The van der Waals surface area contributed by atoms with E-state index in [1.807, 2.05) is 12.1 Å². The lowest BCUT2D eigenvalue weighted by Gasteiger charge is -2.05. The average Bonchev–Trinajstić information content (AvgIpc) is 3.27. The summed E-state index contributed by atoms with van der Waals surface area (Å²) < 4.78 is 6.93. The Hall–Kier alpha value is -3.17. The first-order valence-electron chi connectivity index (χ1n) is 8.64. The molecule has 0 saturated heterocycles. The molecule has 2 N–H and O–H groups in total. The number of aromatic nitrogens is 5. The number of aliphatic imine (C=N–C) groups is 1. The van der Waals surface area contributed by atoms with Gasteiger partial charge in [-0.2, -0.15) is 9.61 Å². The first kappa shape index (κ1) is 18.2. The van der Waals surface area contributed by atoms with Crippen LogP contribution in [0.15, 0.2) is 41.7 Å². The highest BCUT2D eigenvalue weighted by atomic mass is 32.1. The Labute approximate surface area is 165 Å². The zero-order chi connectivity index (χ0) is 19.5. The topological polar surface area (TPSA) is 104 Å². The van der Waals surface area contributed by atoms with E-state index in [0.29, 0.717) is 13.0 Å². The predicted octanol–water partition coefficient (Wildman–Crippen LogP) is 2.47. The van der Waals surface area contributed by atoms with Crippen LogP contribution in [0.25, 0.3) is 21.4 Å². The molecule has 3 aromatic heterocycles. The third-order valence-electron chi connectivity index (χ3n) is 4.25. The van der Waals surface area contributed by atoms with Crippen molar-refractivity contribution in [3.8, 4) is 0 Å². The van der Waals surface area contributed by atoms with Gasteiger partial charge in [0.05, 0.1) is 12.1 Å². The Bertz CT molecular complexity index is 1190. The van der Waals surface area contributed by atoms with Gasteiger partial charge >= 0.3 is 0 Å². The molecule has 0 radical (unpaired) electrons. The van der Waals surface area contributed by atoms with Crippen LogP contribution in [0.5, 0.6) is 0 Å². The van der Waals surface area contributed by atoms with E-state index in [4.69, 9.17) is 10.5 Å². The number of ether oxygens (including phenoxy) is 1. The Morgan fingerprint density at radius 1 is 1.32 bits per heavy atom. The number of fused-ring (bicyclic) bond motifs is 2. The van der Waals surface area contributed by atoms with Crippen LogP contribution >= 0.6 is 11.3 Å². The van der Waals surface area contributed by atoms with Crippen molar-refractivity contribution in [2.75, 3.05) is 14.2 Å². The maximum absolute atomic E-state index is 5.72. The Morgan fingerprint density at radius 3 is 3.00 bits per heavy atom. The quantitative estimate of drug-likeness (QED) is 0.505. The van der Waals surface area contributed by atoms with Gasteiger partial charge in [0.15, 0.2) is 5.82 Å². The molecule has 0 fully saturated rings. The first-order valence-corrected chi connectivity index (χ1v) is 9.45. The predicted molar refractivity (Wildman–Crippen MR) is 111 cm³/mol. The molecule has 0 bridgehead atoms. The normalized spacial score (nSPS) is 12.6. The summed E-state index contributed by atoms with van der Waals surface area (Å²) in [5.41, 5.74) is 9.49. The number of allylic oxidation sites excluding steroid dienone is 1. The second-order valence-corrected chi connectivity index (χ2v) is 7.22. The molecule has 0 aliphatic carbocycles. The van der Waals surface area contributed by atoms with Gasteiger partial charge in [0.2, 0.25) is 4.96 Å². The minimum Gasteiger partial charge on any atom is -0.404 e. The molecule has 3 heterocycles. The highest BCUT2D eigenvalue weighted by Gasteiger charge is 2.12. The highest BCUT2D eigenvalue weighted by Crippen LogP contribution is 2.21. The number of rotatable bonds is 6. The average molecular weight is 393 g/mol. The molecule has 142 valence electrons. The molecule has 0 amide bonds. The highest BCUT2D eigenvalue weighted by molar-refractivity contribution is 7.16. The van der Waals surface area contributed by atoms with Crippen molar-refractivity contribution in [1.29, 1.82) is 0 Å². The molecular formula is C19H19N7OS. The Balaban J connectivity index is 1.67. The smallest absolute Gasteiger partial charge is 0.234 e. The minimum absolute atomic E-state index is 0.468. The van der Waals surface area contributed by atoms with Crippen molar-refractivity contribution in [2.45, 2.75) is 13.0 Å². The third-order valence-corrected chi connectivity index (χ3v) is 5.13. The molecule has 0 unspecified atom stereocenters. The van der Waals surface area contributed by atoms with Crippen molar-refractivity contribution in [1.82, 2.24) is 24.8 Å². The zero-order valence-corrected chi connectivity index (χ0v) is 16.3.